The van der Waals surface area contributed by atoms with Gasteiger partial charge >= 0.3 is 0 Å². The summed E-state index contributed by atoms with van der Waals surface area (Å²) in [5.74, 6) is 1.81. The summed E-state index contributed by atoms with van der Waals surface area (Å²) >= 11 is 0. The molecule has 0 N–H and O–H groups in total. The quantitative estimate of drug-likeness (QED) is 0.536. The number of hydrogen-bond acceptors (Lipinski definition) is 2. The summed E-state index contributed by atoms with van der Waals surface area (Å²) in [5, 5.41) is 0. The van der Waals surface area contributed by atoms with Crippen molar-refractivity contribution < 1.29 is 9.53 Å². The van der Waals surface area contributed by atoms with Crippen LogP contribution in [-0.4, -0.2) is 5.78 Å². The van der Waals surface area contributed by atoms with E-state index in [2.05, 4.69) is 13.8 Å². The van der Waals surface area contributed by atoms with Crippen LogP contribution in [0.2, 0.25) is 0 Å². The lowest BCUT2D eigenvalue weighted by molar-refractivity contribution is 0.0921. The second-order valence-electron chi connectivity index (χ2n) is 6.89. The number of carbonyl (C=O) groups is 1. The molecule has 0 aliphatic carbocycles. The van der Waals surface area contributed by atoms with Gasteiger partial charge in [0.1, 0.15) is 12.4 Å². The summed E-state index contributed by atoms with van der Waals surface area (Å²) in [7, 11) is 0. The molecule has 2 nitrogen and oxygen atoms in total. The Kier molecular flexibility index (Phi) is 7.05. The molecule has 0 saturated carbocycles. The lowest BCUT2D eigenvalue weighted by Gasteiger charge is -2.12. The van der Waals surface area contributed by atoms with E-state index in [1.165, 1.54) is 6.42 Å². The summed E-state index contributed by atoms with van der Waals surface area (Å²) in [6.45, 7) is 7.02. The molecule has 0 bridgehead atoms. The molecular weight excluding hydrogens is 296 g/mol. The molecular formula is C22H28O2. The molecule has 0 aliphatic heterocycles. The number of Topliss-reactive ketones (excluding diaryl/α,β-unsaturated/α-hetero) is 1. The predicted molar refractivity (Wildman–Crippen MR) is 99.4 cm³/mol. The van der Waals surface area contributed by atoms with Gasteiger partial charge in [0.2, 0.25) is 0 Å². The van der Waals surface area contributed by atoms with Gasteiger partial charge in [-0.15, -0.1) is 0 Å². The van der Waals surface area contributed by atoms with E-state index in [0.717, 1.165) is 29.7 Å². The Morgan fingerprint density at radius 2 is 1.58 bits per heavy atom. The average Bonchev–Trinajstić information content (AvgIpc) is 2.60. The highest BCUT2D eigenvalue weighted by molar-refractivity contribution is 5.97. The maximum Gasteiger partial charge on any atom is 0.165 e. The van der Waals surface area contributed by atoms with Gasteiger partial charge in [0.15, 0.2) is 5.78 Å². The lowest BCUT2D eigenvalue weighted by atomic mass is 9.93. The van der Waals surface area contributed by atoms with E-state index in [-0.39, 0.29) is 11.7 Å². The normalized spacial score (nSPS) is 12.2. The minimum atomic E-state index is 0.0832. The van der Waals surface area contributed by atoms with Crippen LogP contribution >= 0.6 is 0 Å². The Balaban J connectivity index is 1.85. The molecule has 2 heteroatoms. The van der Waals surface area contributed by atoms with Crippen LogP contribution in [0.15, 0.2) is 54.6 Å². The molecule has 0 heterocycles. The van der Waals surface area contributed by atoms with Gasteiger partial charge in [-0.3, -0.25) is 4.79 Å². The van der Waals surface area contributed by atoms with E-state index < -0.39 is 0 Å². The van der Waals surface area contributed by atoms with Gasteiger partial charge in [-0.1, -0.05) is 63.9 Å². The highest BCUT2D eigenvalue weighted by atomic mass is 16.5. The number of ether oxygens (including phenoxy) is 1. The molecule has 0 spiro atoms. The number of hydrogen-bond donors (Lipinski definition) is 0. The Hall–Kier alpha value is -2.09. The van der Waals surface area contributed by atoms with Crippen LogP contribution < -0.4 is 4.74 Å². The van der Waals surface area contributed by atoms with E-state index in [4.69, 9.17) is 4.74 Å². The molecule has 0 aliphatic rings. The van der Waals surface area contributed by atoms with E-state index in [9.17, 15) is 4.79 Å². The molecule has 2 aromatic carbocycles. The van der Waals surface area contributed by atoms with E-state index in [1.54, 1.807) is 0 Å². The number of ketones is 1. The van der Waals surface area contributed by atoms with Gasteiger partial charge in [0, 0.05) is 11.5 Å². The van der Waals surface area contributed by atoms with Crippen molar-refractivity contribution >= 4 is 5.78 Å². The number of benzene rings is 2. The smallest absolute Gasteiger partial charge is 0.165 e. The second-order valence-corrected chi connectivity index (χ2v) is 6.89. The van der Waals surface area contributed by atoms with Crippen LogP contribution in [0.4, 0.5) is 0 Å². The fourth-order valence-electron chi connectivity index (χ4n) is 2.70. The lowest BCUT2D eigenvalue weighted by Crippen LogP contribution is -2.11. The van der Waals surface area contributed by atoms with Crippen molar-refractivity contribution in [3.05, 3.63) is 65.7 Å². The molecule has 1 unspecified atom stereocenters. The summed E-state index contributed by atoms with van der Waals surface area (Å²) in [6.07, 6.45) is 3.26. The van der Waals surface area contributed by atoms with E-state index in [0.29, 0.717) is 12.5 Å². The molecule has 1 atom stereocenters. The molecule has 0 amide bonds. The first-order valence-electron chi connectivity index (χ1n) is 8.87. The highest BCUT2D eigenvalue weighted by Crippen LogP contribution is 2.20. The maximum absolute atomic E-state index is 12.5. The van der Waals surface area contributed by atoms with Crippen LogP contribution in [-0.2, 0) is 6.61 Å². The second kappa shape index (κ2) is 9.27. The third-order valence-electron chi connectivity index (χ3n) is 4.25. The molecule has 2 rings (SSSR count). The third kappa shape index (κ3) is 5.84. The van der Waals surface area contributed by atoms with Crippen LogP contribution in [0.3, 0.4) is 0 Å². The van der Waals surface area contributed by atoms with Crippen molar-refractivity contribution in [1.82, 2.24) is 0 Å². The first-order valence-corrected chi connectivity index (χ1v) is 8.87. The molecule has 0 saturated heterocycles. The van der Waals surface area contributed by atoms with E-state index in [1.807, 2.05) is 61.5 Å². The largest absolute Gasteiger partial charge is 0.489 e. The zero-order valence-corrected chi connectivity index (χ0v) is 15.0. The SMILES string of the molecule is CC(C)CCCC(C)C(=O)c1ccc(OCc2ccccc2)cc1. The molecule has 2 aromatic rings. The molecule has 24 heavy (non-hydrogen) atoms. The monoisotopic (exact) mass is 324 g/mol. The highest BCUT2D eigenvalue weighted by Gasteiger charge is 2.15. The standard InChI is InChI=1S/C22H28O2/c1-17(2)8-7-9-18(3)22(23)20-12-14-21(15-13-20)24-16-19-10-5-4-6-11-19/h4-6,10-15,17-18H,7-9,16H2,1-3H3. The maximum atomic E-state index is 12.5. The van der Waals surface area contributed by atoms with Crippen molar-refractivity contribution in [3.8, 4) is 5.75 Å². The molecule has 0 fully saturated rings. The zero-order chi connectivity index (χ0) is 17.4. The van der Waals surface area contributed by atoms with Crippen molar-refractivity contribution in [2.75, 3.05) is 0 Å². The minimum absolute atomic E-state index is 0.0832. The number of carbonyl (C=O) groups excluding carboxylic acids is 1. The Morgan fingerprint density at radius 3 is 2.21 bits per heavy atom. The first-order chi connectivity index (χ1) is 11.6. The molecule has 0 radical (unpaired) electrons. The summed E-state index contributed by atoms with van der Waals surface area (Å²) < 4.78 is 5.77. The Morgan fingerprint density at radius 1 is 0.917 bits per heavy atom. The topological polar surface area (TPSA) is 26.3 Å². The molecule has 0 aromatic heterocycles. The third-order valence-corrected chi connectivity index (χ3v) is 4.25. The zero-order valence-electron chi connectivity index (χ0n) is 15.0. The fourth-order valence-corrected chi connectivity index (χ4v) is 2.70. The predicted octanol–water partition coefficient (Wildman–Crippen LogP) is 5.91. The first kappa shape index (κ1) is 18.3. The molecule has 128 valence electrons. The summed E-state index contributed by atoms with van der Waals surface area (Å²) in [6, 6.07) is 17.6. The Bertz CT molecular complexity index is 614. The van der Waals surface area contributed by atoms with Gasteiger partial charge in [-0.05, 0) is 42.2 Å². The van der Waals surface area contributed by atoms with Crippen molar-refractivity contribution in [1.29, 1.82) is 0 Å². The van der Waals surface area contributed by atoms with Gasteiger partial charge in [-0.25, -0.2) is 0 Å². The van der Waals surface area contributed by atoms with Crippen LogP contribution in [0.25, 0.3) is 0 Å². The van der Waals surface area contributed by atoms with Gasteiger partial charge in [-0.2, -0.15) is 0 Å². The van der Waals surface area contributed by atoms with Crippen LogP contribution in [0, 0.1) is 11.8 Å². The van der Waals surface area contributed by atoms with Gasteiger partial charge in [0.25, 0.3) is 0 Å². The van der Waals surface area contributed by atoms with E-state index >= 15 is 0 Å². The van der Waals surface area contributed by atoms with Crippen LogP contribution in [0.1, 0.15) is 56.0 Å². The van der Waals surface area contributed by atoms with Crippen molar-refractivity contribution in [2.45, 2.75) is 46.6 Å². The summed E-state index contributed by atoms with van der Waals surface area (Å²) in [4.78, 5) is 12.5. The summed E-state index contributed by atoms with van der Waals surface area (Å²) in [5.41, 5.74) is 1.91. The average molecular weight is 324 g/mol. The Labute approximate surface area is 145 Å². The van der Waals surface area contributed by atoms with Gasteiger partial charge < -0.3 is 4.74 Å². The fraction of sp³-hybridized carbons (Fsp3) is 0.409. The van der Waals surface area contributed by atoms with Gasteiger partial charge in [0.05, 0.1) is 0 Å². The van der Waals surface area contributed by atoms with Crippen molar-refractivity contribution in [2.24, 2.45) is 11.8 Å². The number of rotatable bonds is 9. The van der Waals surface area contributed by atoms with Crippen molar-refractivity contribution in [3.63, 3.8) is 0 Å². The van der Waals surface area contributed by atoms with Crippen LogP contribution in [0.5, 0.6) is 5.75 Å². The minimum Gasteiger partial charge on any atom is -0.489 e.